The number of hydrogen-bond donors (Lipinski definition) is 2. The maximum absolute atomic E-state index is 11.8. The Bertz CT molecular complexity index is 821. The normalized spacial score (nSPS) is 19.0. The van der Waals surface area contributed by atoms with Gasteiger partial charge in [-0.25, -0.2) is 9.97 Å². The largest absolute Gasteiger partial charge is 0.364 e. The van der Waals surface area contributed by atoms with E-state index in [1.165, 1.54) is 6.42 Å². The van der Waals surface area contributed by atoms with Crippen molar-refractivity contribution in [2.45, 2.75) is 38.1 Å². The van der Waals surface area contributed by atoms with Gasteiger partial charge < -0.3 is 20.9 Å². The van der Waals surface area contributed by atoms with Crippen molar-refractivity contribution in [3.05, 3.63) is 24.3 Å². The zero-order chi connectivity index (χ0) is 19.5. The summed E-state index contributed by atoms with van der Waals surface area (Å²) in [6.45, 7) is 4.06. The summed E-state index contributed by atoms with van der Waals surface area (Å²) in [6.07, 6.45) is 11.1. The van der Waals surface area contributed by atoms with Gasteiger partial charge in [0.25, 0.3) is 5.91 Å². The van der Waals surface area contributed by atoms with Crippen LogP contribution >= 0.6 is 0 Å². The van der Waals surface area contributed by atoms with Crippen LogP contribution in [0, 0.1) is 0 Å². The standard InChI is InChI=1S/C19H28N8O/c1-25-9-5-15(6-10-25)27-13-14(11-22-27)23-19-17(18(20)28)21-12-16(24-19)26-7-3-2-4-8-26/h11-13,15H,2-10H2,1H3,(H2,20,28)(H,23,24). The third-order valence-corrected chi connectivity index (χ3v) is 5.60. The second-order valence-corrected chi connectivity index (χ2v) is 7.71. The smallest absolute Gasteiger partial charge is 0.271 e. The van der Waals surface area contributed by atoms with E-state index in [1.807, 2.05) is 10.9 Å². The van der Waals surface area contributed by atoms with E-state index in [0.29, 0.717) is 11.9 Å². The van der Waals surface area contributed by atoms with Crippen molar-refractivity contribution in [2.75, 3.05) is 43.4 Å². The van der Waals surface area contributed by atoms with Gasteiger partial charge in [-0.3, -0.25) is 9.48 Å². The first-order chi connectivity index (χ1) is 13.6. The highest BCUT2D eigenvalue weighted by atomic mass is 16.1. The minimum atomic E-state index is -0.595. The first kappa shape index (κ1) is 18.7. The van der Waals surface area contributed by atoms with Crippen LogP contribution in [0.25, 0.3) is 0 Å². The van der Waals surface area contributed by atoms with Gasteiger partial charge in [0, 0.05) is 19.3 Å². The molecule has 9 nitrogen and oxygen atoms in total. The Morgan fingerprint density at radius 3 is 2.61 bits per heavy atom. The number of likely N-dealkylation sites (tertiary alicyclic amines) is 1. The maximum Gasteiger partial charge on any atom is 0.271 e. The summed E-state index contributed by atoms with van der Waals surface area (Å²) in [5, 5.41) is 7.72. The number of nitrogens with one attached hydrogen (secondary N) is 1. The lowest BCUT2D eigenvalue weighted by atomic mass is 10.1. The molecule has 4 rings (SSSR count). The van der Waals surface area contributed by atoms with Crippen molar-refractivity contribution in [3.8, 4) is 0 Å². The number of primary amides is 1. The summed E-state index contributed by atoms with van der Waals surface area (Å²) in [7, 11) is 2.14. The second kappa shape index (κ2) is 8.14. The highest BCUT2D eigenvalue weighted by Gasteiger charge is 2.21. The molecule has 0 aliphatic carbocycles. The van der Waals surface area contributed by atoms with E-state index in [9.17, 15) is 4.79 Å². The molecule has 2 aliphatic rings. The molecule has 0 radical (unpaired) electrons. The van der Waals surface area contributed by atoms with E-state index in [2.05, 4.69) is 37.2 Å². The molecule has 2 aliphatic heterocycles. The zero-order valence-electron chi connectivity index (χ0n) is 16.3. The molecule has 2 aromatic rings. The second-order valence-electron chi connectivity index (χ2n) is 7.71. The van der Waals surface area contributed by atoms with Crippen LogP contribution in [0.5, 0.6) is 0 Å². The van der Waals surface area contributed by atoms with Crippen LogP contribution in [0.4, 0.5) is 17.3 Å². The van der Waals surface area contributed by atoms with Crippen LogP contribution in [-0.2, 0) is 0 Å². The lowest BCUT2D eigenvalue weighted by Crippen LogP contribution is -2.31. The van der Waals surface area contributed by atoms with E-state index in [0.717, 1.165) is 63.4 Å². The minimum absolute atomic E-state index is 0.146. The van der Waals surface area contributed by atoms with Gasteiger partial charge in [-0.2, -0.15) is 5.10 Å². The molecule has 0 bridgehead atoms. The van der Waals surface area contributed by atoms with Crippen molar-refractivity contribution in [2.24, 2.45) is 5.73 Å². The number of anilines is 3. The van der Waals surface area contributed by atoms with Crippen LogP contribution < -0.4 is 16.0 Å². The maximum atomic E-state index is 11.8. The number of hydrogen-bond acceptors (Lipinski definition) is 7. The number of carbonyl (C=O) groups is 1. The minimum Gasteiger partial charge on any atom is -0.364 e. The van der Waals surface area contributed by atoms with Crippen LogP contribution in [0.1, 0.15) is 48.6 Å². The SMILES string of the molecule is CN1CCC(n2cc(Nc3nc(N4CCCCC4)cnc3C(N)=O)cn2)CC1. The fraction of sp³-hybridized carbons (Fsp3) is 0.579. The summed E-state index contributed by atoms with van der Waals surface area (Å²) in [5.74, 6) is 0.566. The van der Waals surface area contributed by atoms with E-state index in [-0.39, 0.29) is 5.69 Å². The molecule has 150 valence electrons. The molecule has 0 saturated carbocycles. The van der Waals surface area contributed by atoms with E-state index in [1.54, 1.807) is 12.4 Å². The first-order valence-electron chi connectivity index (χ1n) is 10.0. The number of nitrogens with zero attached hydrogens (tertiary/aromatic N) is 6. The first-order valence-corrected chi connectivity index (χ1v) is 10.0. The lowest BCUT2D eigenvalue weighted by Gasteiger charge is -2.29. The van der Waals surface area contributed by atoms with Crippen LogP contribution in [0.3, 0.4) is 0 Å². The molecule has 1 amide bonds. The van der Waals surface area contributed by atoms with Crippen molar-refractivity contribution < 1.29 is 4.79 Å². The van der Waals surface area contributed by atoms with Gasteiger partial charge in [0.1, 0.15) is 5.82 Å². The topological polar surface area (TPSA) is 105 Å². The summed E-state index contributed by atoms with van der Waals surface area (Å²) >= 11 is 0. The average molecular weight is 384 g/mol. The average Bonchev–Trinajstić information content (AvgIpc) is 3.17. The van der Waals surface area contributed by atoms with Crippen molar-refractivity contribution in [1.29, 1.82) is 0 Å². The monoisotopic (exact) mass is 384 g/mol. The van der Waals surface area contributed by atoms with Gasteiger partial charge >= 0.3 is 0 Å². The number of aromatic nitrogens is 4. The van der Waals surface area contributed by atoms with E-state index >= 15 is 0 Å². The van der Waals surface area contributed by atoms with Gasteiger partial charge in [-0.15, -0.1) is 0 Å². The quantitative estimate of drug-likeness (QED) is 0.809. The predicted octanol–water partition coefficient (Wildman–Crippen LogP) is 1.77. The fourth-order valence-electron chi connectivity index (χ4n) is 3.92. The Morgan fingerprint density at radius 2 is 1.89 bits per heavy atom. The van der Waals surface area contributed by atoms with E-state index < -0.39 is 5.91 Å². The van der Waals surface area contributed by atoms with Gasteiger partial charge in [-0.05, 0) is 52.2 Å². The Hall–Kier alpha value is -2.68. The number of piperidine rings is 2. The number of nitrogens with two attached hydrogens (primary N) is 1. The molecular formula is C19H28N8O. The Balaban J connectivity index is 1.53. The molecule has 2 saturated heterocycles. The molecule has 4 heterocycles. The van der Waals surface area contributed by atoms with Crippen LogP contribution in [-0.4, -0.2) is 63.8 Å². The number of rotatable bonds is 5. The van der Waals surface area contributed by atoms with Crippen LogP contribution in [0.15, 0.2) is 18.6 Å². The molecule has 28 heavy (non-hydrogen) atoms. The molecule has 3 N–H and O–H groups in total. The van der Waals surface area contributed by atoms with Crippen molar-refractivity contribution in [1.82, 2.24) is 24.6 Å². The highest BCUT2D eigenvalue weighted by molar-refractivity contribution is 5.96. The summed E-state index contributed by atoms with van der Waals surface area (Å²) < 4.78 is 2.00. The predicted molar refractivity (Wildman–Crippen MR) is 108 cm³/mol. The number of carbonyl (C=O) groups excluding carboxylic acids is 1. The van der Waals surface area contributed by atoms with Gasteiger partial charge in [0.05, 0.1) is 24.1 Å². The third-order valence-electron chi connectivity index (χ3n) is 5.60. The number of amides is 1. The summed E-state index contributed by atoms with van der Waals surface area (Å²) in [5.41, 5.74) is 6.44. The molecular weight excluding hydrogens is 356 g/mol. The van der Waals surface area contributed by atoms with Gasteiger partial charge in [-0.1, -0.05) is 0 Å². The molecule has 0 aromatic carbocycles. The molecule has 9 heteroatoms. The molecule has 0 unspecified atom stereocenters. The Labute approximate surface area is 164 Å². The summed E-state index contributed by atoms with van der Waals surface area (Å²) in [4.78, 5) is 25.3. The Kier molecular flexibility index (Phi) is 5.43. The fourth-order valence-corrected chi connectivity index (χ4v) is 3.92. The van der Waals surface area contributed by atoms with Gasteiger partial charge in [0.2, 0.25) is 0 Å². The molecule has 0 atom stereocenters. The zero-order valence-corrected chi connectivity index (χ0v) is 16.3. The van der Waals surface area contributed by atoms with Crippen molar-refractivity contribution >= 4 is 23.2 Å². The summed E-state index contributed by atoms with van der Waals surface area (Å²) in [6, 6.07) is 0.396. The lowest BCUT2D eigenvalue weighted by molar-refractivity contribution is 0.0996. The molecule has 0 spiro atoms. The van der Waals surface area contributed by atoms with Crippen molar-refractivity contribution in [3.63, 3.8) is 0 Å². The van der Waals surface area contributed by atoms with Gasteiger partial charge in [0.15, 0.2) is 11.5 Å². The highest BCUT2D eigenvalue weighted by Crippen LogP contribution is 2.25. The van der Waals surface area contributed by atoms with E-state index in [4.69, 9.17) is 5.73 Å². The molecule has 2 aromatic heterocycles. The molecule has 2 fully saturated rings. The Morgan fingerprint density at radius 1 is 1.14 bits per heavy atom. The van der Waals surface area contributed by atoms with Crippen LogP contribution in [0.2, 0.25) is 0 Å². The third kappa shape index (κ3) is 4.09.